The number of ether oxygens (including phenoxy) is 1. The van der Waals surface area contributed by atoms with Gasteiger partial charge in [-0.3, -0.25) is 24.1 Å². The fourth-order valence-corrected chi connectivity index (χ4v) is 9.64. The van der Waals surface area contributed by atoms with E-state index in [1.807, 2.05) is 48.5 Å². The molecule has 4 aliphatic rings. The van der Waals surface area contributed by atoms with Crippen LogP contribution in [0, 0.1) is 27.2 Å². The largest absolute Gasteiger partial charge is 0.503 e. The molecule has 4 aromatic rings. The van der Waals surface area contributed by atoms with Crippen molar-refractivity contribution < 1.29 is 29.0 Å². The van der Waals surface area contributed by atoms with Gasteiger partial charge < -0.3 is 9.84 Å². The summed E-state index contributed by atoms with van der Waals surface area (Å²) < 4.78 is 6.50. The number of halogens is 3. The maximum atomic E-state index is 15.3. The normalized spacial score (nSPS) is 27.2. The summed E-state index contributed by atoms with van der Waals surface area (Å²) in [4.78, 5) is 61.2. The van der Waals surface area contributed by atoms with Crippen LogP contribution < -0.4 is 14.5 Å². The Balaban J connectivity index is 1.37. The van der Waals surface area contributed by atoms with Gasteiger partial charge in [0, 0.05) is 14.5 Å². The van der Waals surface area contributed by atoms with E-state index < -0.39 is 46.8 Å². The summed E-state index contributed by atoms with van der Waals surface area (Å²) in [5, 5.41) is 11.1. The number of hydrogen-bond donors (Lipinski definition) is 1. The second-order valence-electron chi connectivity index (χ2n) is 13.1. The summed E-state index contributed by atoms with van der Waals surface area (Å²) in [6.45, 7) is 0. The highest BCUT2D eigenvalue weighted by molar-refractivity contribution is 14.1. The molecule has 8 nitrogen and oxygen atoms in total. The molecule has 2 heterocycles. The number of imide groups is 2. The number of phenols is 1. The molecule has 2 aliphatic heterocycles. The van der Waals surface area contributed by atoms with Crippen molar-refractivity contribution in [3.63, 3.8) is 0 Å². The third-order valence-electron chi connectivity index (χ3n) is 10.9. The summed E-state index contributed by atoms with van der Waals surface area (Å²) in [7, 11) is 1.41. The van der Waals surface area contributed by atoms with Gasteiger partial charge in [-0.2, -0.15) is 0 Å². The molecule has 4 amide bonds. The van der Waals surface area contributed by atoms with Crippen molar-refractivity contribution in [1.29, 1.82) is 0 Å². The van der Waals surface area contributed by atoms with Gasteiger partial charge in [-0.15, -0.1) is 0 Å². The lowest BCUT2D eigenvalue weighted by Crippen LogP contribution is -2.53. The molecule has 8 rings (SSSR count). The zero-order valence-corrected chi connectivity index (χ0v) is 30.2. The Morgan fingerprint density at radius 3 is 2.26 bits per heavy atom. The molecule has 0 aromatic heterocycles. The number of hydrogen-bond acceptors (Lipinski definition) is 6. The van der Waals surface area contributed by atoms with Crippen LogP contribution in [0.25, 0.3) is 0 Å². The number of fused-ring (bicyclic) bond motifs is 4. The van der Waals surface area contributed by atoms with Crippen LogP contribution in [0.4, 0.5) is 11.4 Å². The number of carbonyl (C=O) groups excluding carboxylic acids is 4. The van der Waals surface area contributed by atoms with Crippen molar-refractivity contribution in [2.75, 3.05) is 16.9 Å². The van der Waals surface area contributed by atoms with Crippen LogP contribution >= 0.6 is 45.8 Å². The molecule has 2 saturated heterocycles. The molecule has 3 fully saturated rings. The Kier molecular flexibility index (Phi) is 8.08. The van der Waals surface area contributed by atoms with Crippen molar-refractivity contribution in [3.8, 4) is 11.5 Å². The Morgan fingerprint density at radius 2 is 1.56 bits per heavy atom. The quantitative estimate of drug-likeness (QED) is 0.126. The lowest BCUT2D eigenvalue weighted by Gasteiger charge is -2.50. The summed E-state index contributed by atoms with van der Waals surface area (Å²) in [6.07, 6.45) is 2.41. The summed E-state index contributed by atoms with van der Waals surface area (Å²) in [5.41, 5.74) is 1.28. The van der Waals surface area contributed by atoms with Crippen LogP contribution in [-0.2, 0) is 24.6 Å². The van der Waals surface area contributed by atoms with Gasteiger partial charge in [0.2, 0.25) is 23.6 Å². The van der Waals surface area contributed by atoms with Crippen LogP contribution in [0.2, 0.25) is 10.0 Å². The van der Waals surface area contributed by atoms with Crippen molar-refractivity contribution in [1.82, 2.24) is 0 Å². The maximum absolute atomic E-state index is 15.3. The first-order valence-corrected chi connectivity index (χ1v) is 18.0. The fraction of sp³-hybridized carbons (Fsp3) is 0.231. The smallest absolute Gasteiger partial charge is 0.246 e. The highest BCUT2D eigenvalue weighted by Gasteiger charge is 2.70. The van der Waals surface area contributed by atoms with E-state index in [1.165, 1.54) is 16.9 Å². The first kappa shape index (κ1) is 33.0. The van der Waals surface area contributed by atoms with Gasteiger partial charge in [0.25, 0.3) is 0 Å². The van der Waals surface area contributed by atoms with Gasteiger partial charge in [-0.1, -0.05) is 71.2 Å². The number of rotatable bonds is 5. The minimum Gasteiger partial charge on any atom is -0.503 e. The van der Waals surface area contributed by atoms with Crippen molar-refractivity contribution in [2.45, 2.75) is 24.2 Å². The highest BCUT2D eigenvalue weighted by Crippen LogP contribution is 2.65. The molecule has 50 heavy (non-hydrogen) atoms. The molecule has 11 heteroatoms. The van der Waals surface area contributed by atoms with Crippen molar-refractivity contribution in [2.24, 2.45) is 23.7 Å². The maximum Gasteiger partial charge on any atom is 0.246 e. The monoisotopic (exact) mass is 818 g/mol. The third-order valence-corrected chi connectivity index (χ3v) is 12.1. The number of carbonyl (C=O) groups is 4. The summed E-state index contributed by atoms with van der Waals surface area (Å²) in [6, 6.07) is 26.3. The molecule has 0 bridgehead atoms. The number of methoxy groups -OCH3 is 1. The Morgan fingerprint density at radius 1 is 0.820 bits per heavy atom. The zero-order chi connectivity index (χ0) is 35.1. The van der Waals surface area contributed by atoms with Gasteiger partial charge in [0.05, 0.1) is 46.7 Å². The zero-order valence-electron chi connectivity index (χ0n) is 26.6. The summed E-state index contributed by atoms with van der Waals surface area (Å²) >= 11 is 15.2. The van der Waals surface area contributed by atoms with Crippen molar-refractivity contribution >= 4 is 80.8 Å². The van der Waals surface area contributed by atoms with Crippen molar-refractivity contribution in [3.05, 3.63) is 127 Å². The van der Waals surface area contributed by atoms with Crippen LogP contribution in [0.15, 0.2) is 103 Å². The van der Waals surface area contributed by atoms with Crippen LogP contribution in [-0.4, -0.2) is 35.8 Å². The number of nitrogens with zero attached hydrogens (tertiary/aromatic N) is 2. The first-order chi connectivity index (χ1) is 24.1. The number of amides is 4. The van der Waals surface area contributed by atoms with Crippen LogP contribution in [0.1, 0.15) is 29.9 Å². The van der Waals surface area contributed by atoms with Gasteiger partial charge >= 0.3 is 0 Å². The molecule has 4 aromatic carbocycles. The predicted octanol–water partition coefficient (Wildman–Crippen LogP) is 7.68. The van der Waals surface area contributed by atoms with E-state index in [0.717, 1.165) is 9.14 Å². The fourth-order valence-electron chi connectivity index (χ4n) is 8.88. The number of allylic oxidation sites excluding steroid dienone is 2. The lowest BCUT2D eigenvalue weighted by atomic mass is 9.49. The second kappa shape index (κ2) is 12.2. The Bertz CT molecular complexity index is 2140. The van der Waals surface area contributed by atoms with E-state index >= 15 is 4.79 Å². The second-order valence-corrected chi connectivity index (χ2v) is 15.2. The highest BCUT2D eigenvalue weighted by atomic mass is 127. The predicted molar refractivity (Wildman–Crippen MR) is 197 cm³/mol. The molecular formula is C39H29Cl2IN2O6. The Labute approximate surface area is 311 Å². The molecule has 1 N–H and O–H groups in total. The molecule has 0 radical (unpaired) electrons. The van der Waals surface area contributed by atoms with E-state index in [0.29, 0.717) is 27.5 Å². The first-order valence-electron chi connectivity index (χ1n) is 16.2. The molecule has 6 atom stereocenters. The van der Waals surface area contributed by atoms with E-state index in [-0.39, 0.29) is 41.2 Å². The molecule has 2 aliphatic carbocycles. The number of phenolic OH excluding ortho intramolecular Hbond substituents is 1. The number of aromatic hydroxyl groups is 1. The molecular weight excluding hydrogens is 790 g/mol. The van der Waals surface area contributed by atoms with Gasteiger partial charge in [0.15, 0.2) is 11.5 Å². The van der Waals surface area contributed by atoms with E-state index in [9.17, 15) is 19.5 Å². The average molecular weight is 819 g/mol. The average Bonchev–Trinajstić information content (AvgIpc) is 3.50. The van der Waals surface area contributed by atoms with E-state index in [2.05, 4.69) is 22.6 Å². The van der Waals surface area contributed by atoms with Gasteiger partial charge in [-0.25, -0.2) is 4.90 Å². The van der Waals surface area contributed by atoms with E-state index in [4.69, 9.17) is 27.9 Å². The third kappa shape index (κ3) is 4.69. The minimum absolute atomic E-state index is 0.0102. The van der Waals surface area contributed by atoms with Crippen LogP contribution in [0.3, 0.4) is 0 Å². The number of anilines is 2. The summed E-state index contributed by atoms with van der Waals surface area (Å²) in [5.74, 6) is -5.32. The molecule has 0 spiro atoms. The Hall–Kier alpha value is -4.19. The molecule has 1 saturated carbocycles. The van der Waals surface area contributed by atoms with E-state index in [1.54, 1.807) is 48.5 Å². The number of benzene rings is 4. The lowest BCUT2D eigenvalue weighted by molar-refractivity contribution is -0.127. The minimum atomic E-state index is -1.48. The van der Waals surface area contributed by atoms with Crippen LogP contribution in [0.5, 0.6) is 11.5 Å². The standard InChI is InChI=1S/C39H29Cl2IN2O6/c1-50-31-17-20(16-30(41)34(31)45)33-26-14-15-27-32(37(48)43(35(27)46)24-12-10-23(42)11-13-24)28(26)19-29-36(47)44(25-9-5-8-22(40)18-25)38(49)39(29,33)21-6-3-2-4-7-21/h2-14,16-18,27-29,32-33,45H,15,19H2,1H3/t27-,28+,29-,32-,33-,39+/m0/s1. The van der Waals surface area contributed by atoms with Gasteiger partial charge in [-0.05, 0) is 107 Å². The molecule has 0 unspecified atom stereocenters. The van der Waals surface area contributed by atoms with Gasteiger partial charge in [0.1, 0.15) is 0 Å². The topological polar surface area (TPSA) is 104 Å². The molecule has 252 valence electrons. The SMILES string of the molecule is COc1cc([C@H]2C3=CC[C@@H]4C(=O)N(c5ccc(I)cc5)C(=O)[C@@H]4[C@@H]3C[C@H]3C(=O)N(c4cccc(Cl)c4)C(=O)[C@@]23c2ccccc2)cc(Cl)c1O.